The van der Waals surface area contributed by atoms with E-state index < -0.39 is 0 Å². The van der Waals surface area contributed by atoms with Crippen molar-refractivity contribution >= 4 is 5.91 Å². The molecule has 0 spiro atoms. The van der Waals surface area contributed by atoms with Crippen LogP contribution in [0, 0.1) is 6.92 Å². The van der Waals surface area contributed by atoms with Gasteiger partial charge in [-0.1, -0.05) is 12.1 Å². The zero-order chi connectivity index (χ0) is 17.8. The van der Waals surface area contributed by atoms with Crippen LogP contribution in [0.15, 0.2) is 36.7 Å². The van der Waals surface area contributed by atoms with Gasteiger partial charge in [0.25, 0.3) is 5.91 Å². The number of piperidine rings is 1. The van der Waals surface area contributed by atoms with Gasteiger partial charge in [-0.15, -0.1) is 0 Å². The van der Waals surface area contributed by atoms with E-state index in [4.69, 9.17) is 0 Å². The first kappa shape index (κ1) is 17.5. The highest BCUT2D eigenvalue weighted by Gasteiger charge is 2.26. The molecule has 1 atom stereocenters. The Morgan fingerprint density at radius 2 is 2.00 bits per heavy atom. The Balaban J connectivity index is 1.69. The third kappa shape index (κ3) is 4.42. The number of hydrogen-bond donors (Lipinski definition) is 0. The maximum absolute atomic E-state index is 12.9. The molecule has 0 aliphatic carbocycles. The Labute approximate surface area is 149 Å². The lowest BCUT2D eigenvalue weighted by Gasteiger charge is -2.32. The van der Waals surface area contributed by atoms with Crippen LogP contribution in [0.2, 0.25) is 0 Å². The fourth-order valence-electron chi connectivity index (χ4n) is 3.38. The Morgan fingerprint density at radius 1 is 1.24 bits per heavy atom. The van der Waals surface area contributed by atoms with Crippen LogP contribution in [0.4, 0.5) is 0 Å². The van der Waals surface area contributed by atoms with Gasteiger partial charge >= 0.3 is 0 Å². The Hall–Kier alpha value is -2.27. The molecule has 0 radical (unpaired) electrons. The molecule has 3 rings (SSSR count). The topological polar surface area (TPSA) is 49.3 Å². The lowest BCUT2D eigenvalue weighted by Crippen LogP contribution is -2.39. The van der Waals surface area contributed by atoms with Crippen molar-refractivity contribution in [2.45, 2.75) is 32.2 Å². The molecule has 1 amide bonds. The minimum atomic E-state index is 0.113. The summed E-state index contributed by atoms with van der Waals surface area (Å²) in [5.41, 5.74) is 3.91. The molecular formula is C20H26N4O. The van der Waals surface area contributed by atoms with Crippen LogP contribution >= 0.6 is 0 Å². The SMILES string of the molecule is Cc1cncc([C@H]2CCCN(C(=O)c3ccc(CN(C)C)cc3)C2)n1. The predicted octanol–water partition coefficient (Wildman–Crippen LogP) is 2.87. The lowest BCUT2D eigenvalue weighted by molar-refractivity contribution is 0.0705. The molecule has 1 aromatic heterocycles. The summed E-state index contributed by atoms with van der Waals surface area (Å²) < 4.78 is 0. The van der Waals surface area contributed by atoms with Crippen LogP contribution < -0.4 is 0 Å². The molecule has 2 heterocycles. The maximum atomic E-state index is 12.9. The number of carbonyl (C=O) groups excluding carboxylic acids is 1. The first-order valence-corrected chi connectivity index (χ1v) is 8.84. The molecule has 1 saturated heterocycles. The van der Waals surface area contributed by atoms with E-state index >= 15 is 0 Å². The van der Waals surface area contributed by atoms with Gasteiger partial charge in [0.2, 0.25) is 0 Å². The van der Waals surface area contributed by atoms with Crippen LogP contribution in [0.5, 0.6) is 0 Å². The van der Waals surface area contributed by atoms with E-state index in [-0.39, 0.29) is 11.8 Å². The third-order valence-corrected chi connectivity index (χ3v) is 4.60. The lowest BCUT2D eigenvalue weighted by atomic mass is 9.94. The first-order valence-electron chi connectivity index (χ1n) is 8.84. The zero-order valence-corrected chi connectivity index (χ0v) is 15.3. The van der Waals surface area contributed by atoms with E-state index in [0.29, 0.717) is 0 Å². The molecule has 0 N–H and O–H groups in total. The van der Waals surface area contributed by atoms with Gasteiger partial charge in [0.05, 0.1) is 11.4 Å². The molecule has 2 aromatic rings. The van der Waals surface area contributed by atoms with Crippen molar-refractivity contribution in [2.24, 2.45) is 0 Å². The second-order valence-electron chi connectivity index (χ2n) is 7.11. The molecule has 1 aliphatic heterocycles. The number of aromatic nitrogens is 2. The second kappa shape index (κ2) is 7.74. The largest absolute Gasteiger partial charge is 0.338 e. The van der Waals surface area contributed by atoms with Crippen molar-refractivity contribution in [3.05, 3.63) is 59.2 Å². The predicted molar refractivity (Wildman–Crippen MR) is 98.5 cm³/mol. The number of carbonyl (C=O) groups is 1. The van der Waals surface area contributed by atoms with Crippen LogP contribution in [-0.2, 0) is 6.54 Å². The van der Waals surface area contributed by atoms with Gasteiger partial charge < -0.3 is 9.80 Å². The smallest absolute Gasteiger partial charge is 0.253 e. The molecule has 1 fully saturated rings. The van der Waals surface area contributed by atoms with Crippen LogP contribution in [0.25, 0.3) is 0 Å². The summed E-state index contributed by atoms with van der Waals surface area (Å²) in [6.45, 7) is 4.37. The van der Waals surface area contributed by atoms with E-state index in [1.54, 1.807) is 6.20 Å². The summed E-state index contributed by atoms with van der Waals surface area (Å²) in [4.78, 5) is 25.8. The van der Waals surface area contributed by atoms with E-state index in [2.05, 4.69) is 14.9 Å². The van der Waals surface area contributed by atoms with Crippen LogP contribution in [0.3, 0.4) is 0 Å². The summed E-state index contributed by atoms with van der Waals surface area (Å²) in [5, 5.41) is 0. The number of rotatable bonds is 4. The van der Waals surface area contributed by atoms with Gasteiger partial charge in [-0.25, -0.2) is 0 Å². The molecule has 1 aliphatic rings. The van der Waals surface area contributed by atoms with Gasteiger partial charge in [-0.3, -0.25) is 14.8 Å². The molecule has 132 valence electrons. The van der Waals surface area contributed by atoms with Gasteiger partial charge in [0, 0.05) is 43.5 Å². The molecule has 5 heteroatoms. The zero-order valence-electron chi connectivity index (χ0n) is 15.3. The highest BCUT2D eigenvalue weighted by molar-refractivity contribution is 5.94. The maximum Gasteiger partial charge on any atom is 0.253 e. The normalized spacial score (nSPS) is 17.8. The van der Waals surface area contributed by atoms with Crippen molar-refractivity contribution in [1.29, 1.82) is 0 Å². The average Bonchev–Trinajstić information content (AvgIpc) is 2.61. The number of amides is 1. The molecule has 5 nitrogen and oxygen atoms in total. The highest BCUT2D eigenvalue weighted by atomic mass is 16.2. The summed E-state index contributed by atoms with van der Waals surface area (Å²) in [5.74, 6) is 0.389. The van der Waals surface area contributed by atoms with Crippen molar-refractivity contribution in [3.8, 4) is 0 Å². The van der Waals surface area contributed by atoms with E-state index in [1.165, 1.54) is 5.56 Å². The van der Waals surface area contributed by atoms with Crippen molar-refractivity contribution in [1.82, 2.24) is 19.8 Å². The summed E-state index contributed by atoms with van der Waals surface area (Å²) in [6, 6.07) is 7.97. The van der Waals surface area contributed by atoms with Crippen molar-refractivity contribution < 1.29 is 4.79 Å². The minimum absolute atomic E-state index is 0.113. The van der Waals surface area contributed by atoms with Gasteiger partial charge in [0.1, 0.15) is 0 Å². The number of nitrogens with zero attached hydrogens (tertiary/aromatic N) is 4. The highest BCUT2D eigenvalue weighted by Crippen LogP contribution is 2.26. The average molecular weight is 338 g/mol. The van der Waals surface area contributed by atoms with Crippen LogP contribution in [0.1, 0.15) is 46.1 Å². The summed E-state index contributed by atoms with van der Waals surface area (Å²) in [6.07, 6.45) is 5.67. The fourth-order valence-corrected chi connectivity index (χ4v) is 3.38. The van der Waals surface area contributed by atoms with Crippen molar-refractivity contribution in [2.75, 3.05) is 27.2 Å². The Morgan fingerprint density at radius 3 is 2.68 bits per heavy atom. The Bertz CT molecular complexity index is 727. The molecule has 0 bridgehead atoms. The standard InChI is InChI=1S/C20H26N4O/c1-15-11-21-12-19(22-15)18-5-4-10-24(14-18)20(25)17-8-6-16(7-9-17)13-23(2)3/h6-9,11-12,18H,4-5,10,13-14H2,1-3H3/t18-/m0/s1. The van der Waals surface area contributed by atoms with Crippen LogP contribution in [-0.4, -0.2) is 52.9 Å². The number of hydrogen-bond acceptors (Lipinski definition) is 4. The van der Waals surface area contributed by atoms with E-state index in [9.17, 15) is 4.79 Å². The van der Waals surface area contributed by atoms with E-state index in [0.717, 1.165) is 49.4 Å². The molecule has 0 unspecified atom stereocenters. The minimum Gasteiger partial charge on any atom is -0.338 e. The second-order valence-corrected chi connectivity index (χ2v) is 7.11. The fraction of sp³-hybridized carbons (Fsp3) is 0.450. The summed E-state index contributed by atoms with van der Waals surface area (Å²) >= 11 is 0. The van der Waals surface area contributed by atoms with Crippen molar-refractivity contribution in [3.63, 3.8) is 0 Å². The molecular weight excluding hydrogens is 312 g/mol. The Kier molecular flexibility index (Phi) is 5.43. The van der Waals surface area contributed by atoms with E-state index in [1.807, 2.05) is 56.4 Å². The molecule has 25 heavy (non-hydrogen) atoms. The van der Waals surface area contributed by atoms with Gasteiger partial charge in [-0.05, 0) is 51.6 Å². The number of aryl methyl sites for hydroxylation is 1. The number of likely N-dealkylation sites (tertiary alicyclic amines) is 1. The summed E-state index contributed by atoms with van der Waals surface area (Å²) in [7, 11) is 4.09. The molecule has 1 aromatic carbocycles. The van der Waals surface area contributed by atoms with Gasteiger partial charge in [-0.2, -0.15) is 0 Å². The number of benzene rings is 1. The third-order valence-electron chi connectivity index (χ3n) is 4.60. The molecule has 0 saturated carbocycles. The monoisotopic (exact) mass is 338 g/mol. The first-order chi connectivity index (χ1) is 12.0. The quantitative estimate of drug-likeness (QED) is 0.860. The van der Waals surface area contributed by atoms with Gasteiger partial charge in [0.15, 0.2) is 0 Å².